The standard InChI is InChI=1S/C18H12ClN3O4S/c19-15-8-7-13(22(25)26)10-14(15)17(23)20-11-3-5-12(6-4-11)21-18(24)16-2-1-9-27-16/h1-10H,(H,20,23)(H,21,24). The number of non-ortho nitro benzene ring substituents is 1. The minimum Gasteiger partial charge on any atom is -0.322 e. The SMILES string of the molecule is O=C(Nc1ccc(NC(=O)c2cc([N+](=O)[O-])ccc2Cl)cc1)c1cccs1. The fourth-order valence-electron chi connectivity index (χ4n) is 2.24. The summed E-state index contributed by atoms with van der Waals surface area (Å²) in [6.07, 6.45) is 0. The number of nitro groups is 1. The zero-order valence-electron chi connectivity index (χ0n) is 13.6. The Bertz CT molecular complexity index is 1000. The van der Waals surface area contributed by atoms with Gasteiger partial charge in [0, 0.05) is 23.5 Å². The summed E-state index contributed by atoms with van der Waals surface area (Å²) >= 11 is 7.30. The molecule has 0 aliphatic carbocycles. The molecule has 2 amide bonds. The molecule has 0 spiro atoms. The fourth-order valence-corrected chi connectivity index (χ4v) is 3.06. The van der Waals surface area contributed by atoms with Crippen molar-refractivity contribution in [3.05, 3.63) is 85.6 Å². The van der Waals surface area contributed by atoms with Gasteiger partial charge in [0.1, 0.15) is 0 Å². The highest BCUT2D eigenvalue weighted by molar-refractivity contribution is 7.12. The van der Waals surface area contributed by atoms with Gasteiger partial charge in [-0.3, -0.25) is 19.7 Å². The topological polar surface area (TPSA) is 101 Å². The third-order valence-corrected chi connectivity index (χ3v) is 4.75. The van der Waals surface area contributed by atoms with Crippen LogP contribution in [-0.4, -0.2) is 16.7 Å². The van der Waals surface area contributed by atoms with Crippen molar-refractivity contribution < 1.29 is 14.5 Å². The number of benzene rings is 2. The maximum absolute atomic E-state index is 12.3. The van der Waals surface area contributed by atoms with E-state index < -0.39 is 10.8 Å². The maximum Gasteiger partial charge on any atom is 0.270 e. The van der Waals surface area contributed by atoms with Gasteiger partial charge in [-0.05, 0) is 41.8 Å². The number of thiophene rings is 1. The monoisotopic (exact) mass is 401 g/mol. The Morgan fingerprint density at radius 1 is 0.963 bits per heavy atom. The van der Waals surface area contributed by atoms with E-state index in [0.717, 1.165) is 6.07 Å². The van der Waals surface area contributed by atoms with Crippen molar-refractivity contribution in [2.75, 3.05) is 10.6 Å². The second kappa shape index (κ2) is 7.98. The number of anilines is 2. The van der Waals surface area contributed by atoms with Crippen molar-refractivity contribution in [1.82, 2.24) is 0 Å². The van der Waals surface area contributed by atoms with Crippen LogP contribution >= 0.6 is 22.9 Å². The molecule has 0 aliphatic heterocycles. The first-order valence-electron chi connectivity index (χ1n) is 7.64. The Morgan fingerprint density at radius 2 is 1.59 bits per heavy atom. The first-order chi connectivity index (χ1) is 12.9. The summed E-state index contributed by atoms with van der Waals surface area (Å²) in [7, 11) is 0. The van der Waals surface area contributed by atoms with E-state index in [1.807, 2.05) is 5.38 Å². The zero-order valence-corrected chi connectivity index (χ0v) is 15.2. The average Bonchev–Trinajstić information content (AvgIpc) is 3.18. The molecule has 0 aliphatic rings. The molecule has 3 rings (SSSR count). The largest absolute Gasteiger partial charge is 0.322 e. The molecule has 0 saturated heterocycles. The molecule has 0 unspecified atom stereocenters. The number of hydrogen-bond donors (Lipinski definition) is 2. The second-order valence-electron chi connectivity index (χ2n) is 5.38. The molecular formula is C18H12ClN3O4S. The van der Waals surface area contributed by atoms with Gasteiger partial charge in [0.05, 0.1) is 20.4 Å². The number of nitrogens with one attached hydrogen (secondary N) is 2. The number of nitro benzene ring substituents is 1. The van der Waals surface area contributed by atoms with Crippen LogP contribution < -0.4 is 10.6 Å². The van der Waals surface area contributed by atoms with E-state index in [1.165, 1.54) is 23.5 Å². The third kappa shape index (κ3) is 4.49. The molecule has 27 heavy (non-hydrogen) atoms. The highest BCUT2D eigenvalue weighted by atomic mass is 35.5. The van der Waals surface area contributed by atoms with Crippen molar-refractivity contribution >= 4 is 51.8 Å². The van der Waals surface area contributed by atoms with E-state index in [2.05, 4.69) is 10.6 Å². The summed E-state index contributed by atoms with van der Waals surface area (Å²) in [6, 6.07) is 13.6. The summed E-state index contributed by atoms with van der Waals surface area (Å²) in [5.41, 5.74) is 0.800. The van der Waals surface area contributed by atoms with Crippen LogP contribution in [0.1, 0.15) is 20.0 Å². The number of nitrogens with zero attached hydrogens (tertiary/aromatic N) is 1. The van der Waals surface area contributed by atoms with Crippen molar-refractivity contribution in [2.45, 2.75) is 0 Å². The highest BCUT2D eigenvalue weighted by Gasteiger charge is 2.16. The number of hydrogen-bond acceptors (Lipinski definition) is 5. The molecule has 136 valence electrons. The summed E-state index contributed by atoms with van der Waals surface area (Å²) in [4.78, 5) is 35.2. The number of rotatable bonds is 5. The van der Waals surface area contributed by atoms with E-state index in [4.69, 9.17) is 11.6 Å². The van der Waals surface area contributed by atoms with Gasteiger partial charge in [0.2, 0.25) is 0 Å². The van der Waals surface area contributed by atoms with Crippen LogP contribution in [0, 0.1) is 10.1 Å². The van der Waals surface area contributed by atoms with Crippen LogP contribution in [0.15, 0.2) is 60.0 Å². The Labute approximate surface area is 162 Å². The molecule has 0 radical (unpaired) electrons. The van der Waals surface area contributed by atoms with Gasteiger partial charge in [-0.15, -0.1) is 11.3 Å². The Morgan fingerprint density at radius 3 is 2.15 bits per heavy atom. The summed E-state index contributed by atoms with van der Waals surface area (Å²) < 4.78 is 0. The number of halogens is 1. The fraction of sp³-hybridized carbons (Fsp3) is 0. The molecule has 0 atom stereocenters. The quantitative estimate of drug-likeness (QED) is 0.473. The number of carbonyl (C=O) groups excluding carboxylic acids is 2. The highest BCUT2D eigenvalue weighted by Crippen LogP contribution is 2.23. The molecule has 0 saturated carbocycles. The van der Waals surface area contributed by atoms with Gasteiger partial charge in [-0.2, -0.15) is 0 Å². The van der Waals surface area contributed by atoms with Gasteiger partial charge in [-0.25, -0.2) is 0 Å². The van der Waals surface area contributed by atoms with Gasteiger partial charge in [0.15, 0.2) is 0 Å². The summed E-state index contributed by atoms with van der Waals surface area (Å²) in [5.74, 6) is -0.788. The summed E-state index contributed by atoms with van der Waals surface area (Å²) in [5, 5.41) is 18.1. The van der Waals surface area contributed by atoms with Crippen molar-refractivity contribution in [3.8, 4) is 0 Å². The van der Waals surface area contributed by atoms with E-state index >= 15 is 0 Å². The lowest BCUT2D eigenvalue weighted by Gasteiger charge is -2.08. The van der Waals surface area contributed by atoms with Gasteiger partial charge >= 0.3 is 0 Å². The Kier molecular flexibility index (Phi) is 5.49. The van der Waals surface area contributed by atoms with Crippen molar-refractivity contribution in [2.24, 2.45) is 0 Å². The minimum atomic E-state index is -0.599. The number of amides is 2. The van der Waals surface area contributed by atoms with Crippen LogP contribution in [0.4, 0.5) is 17.1 Å². The lowest BCUT2D eigenvalue weighted by atomic mass is 10.1. The van der Waals surface area contributed by atoms with Crippen LogP contribution in [0.3, 0.4) is 0 Å². The molecule has 2 N–H and O–H groups in total. The first kappa shape index (κ1) is 18.6. The molecule has 0 fully saturated rings. The lowest BCUT2D eigenvalue weighted by Crippen LogP contribution is -2.13. The van der Waals surface area contributed by atoms with Gasteiger partial charge < -0.3 is 10.6 Å². The molecule has 0 bridgehead atoms. The van der Waals surface area contributed by atoms with E-state index in [0.29, 0.717) is 16.3 Å². The van der Waals surface area contributed by atoms with E-state index in [1.54, 1.807) is 36.4 Å². The predicted molar refractivity (Wildman–Crippen MR) is 105 cm³/mol. The predicted octanol–water partition coefficient (Wildman–Crippen LogP) is 4.81. The van der Waals surface area contributed by atoms with Crippen LogP contribution in [-0.2, 0) is 0 Å². The third-order valence-electron chi connectivity index (χ3n) is 3.55. The molecule has 3 aromatic rings. The molecular weight excluding hydrogens is 390 g/mol. The molecule has 1 heterocycles. The van der Waals surface area contributed by atoms with Crippen molar-refractivity contribution in [3.63, 3.8) is 0 Å². The van der Waals surface area contributed by atoms with Crippen molar-refractivity contribution in [1.29, 1.82) is 0 Å². The zero-order chi connectivity index (χ0) is 19.4. The molecule has 9 heteroatoms. The summed E-state index contributed by atoms with van der Waals surface area (Å²) in [6.45, 7) is 0. The Balaban J connectivity index is 1.69. The maximum atomic E-state index is 12.3. The molecule has 2 aromatic carbocycles. The number of carbonyl (C=O) groups is 2. The lowest BCUT2D eigenvalue weighted by molar-refractivity contribution is -0.384. The van der Waals surface area contributed by atoms with E-state index in [9.17, 15) is 19.7 Å². The van der Waals surface area contributed by atoms with Gasteiger partial charge in [0.25, 0.3) is 17.5 Å². The smallest absolute Gasteiger partial charge is 0.270 e. The second-order valence-corrected chi connectivity index (χ2v) is 6.74. The van der Waals surface area contributed by atoms with Crippen LogP contribution in [0.25, 0.3) is 0 Å². The first-order valence-corrected chi connectivity index (χ1v) is 8.90. The van der Waals surface area contributed by atoms with Gasteiger partial charge in [-0.1, -0.05) is 17.7 Å². The molecule has 7 nitrogen and oxygen atoms in total. The van der Waals surface area contributed by atoms with Crippen LogP contribution in [0.5, 0.6) is 0 Å². The minimum absolute atomic E-state index is 0.000872. The van der Waals surface area contributed by atoms with Crippen LogP contribution in [0.2, 0.25) is 5.02 Å². The average molecular weight is 402 g/mol. The van der Waals surface area contributed by atoms with E-state index in [-0.39, 0.29) is 22.2 Å². The normalized spacial score (nSPS) is 10.3. The molecule has 1 aromatic heterocycles. The Hall–Kier alpha value is -3.23.